The molecule has 2 aromatic carbocycles. The van der Waals surface area contributed by atoms with E-state index in [9.17, 15) is 9.59 Å². The van der Waals surface area contributed by atoms with Crippen LogP contribution >= 0.6 is 27.5 Å². The van der Waals surface area contributed by atoms with E-state index in [-0.39, 0.29) is 11.3 Å². The van der Waals surface area contributed by atoms with Gasteiger partial charge in [0.25, 0.3) is 5.56 Å². The van der Waals surface area contributed by atoms with Crippen molar-refractivity contribution < 1.29 is 4.79 Å². The number of ketones is 1. The average Bonchev–Trinajstić information content (AvgIpc) is 2.92. The summed E-state index contributed by atoms with van der Waals surface area (Å²) in [6.45, 7) is 1.98. The summed E-state index contributed by atoms with van der Waals surface area (Å²) in [6.07, 6.45) is 0. The second kappa shape index (κ2) is 6.02. The summed E-state index contributed by atoms with van der Waals surface area (Å²) in [4.78, 5) is 25.0. The maximum atomic E-state index is 12.4. The molecule has 3 aromatic rings. The minimum atomic E-state index is -0.194. The van der Waals surface area contributed by atoms with Gasteiger partial charge in [-0.05, 0) is 36.2 Å². The van der Waals surface area contributed by atoms with Crippen LogP contribution in [-0.2, 0) is 0 Å². The smallest absolute Gasteiger partial charge is 0.266 e. The summed E-state index contributed by atoms with van der Waals surface area (Å²) in [7, 11) is 0. The topological polar surface area (TPSA) is 39.1 Å². The Labute approximate surface area is 140 Å². The van der Waals surface area contributed by atoms with Crippen LogP contribution in [0.2, 0.25) is 0 Å². The van der Waals surface area contributed by atoms with Gasteiger partial charge in [0.05, 0.1) is 10.6 Å². The number of hydrogen-bond donors (Lipinski definition) is 0. The summed E-state index contributed by atoms with van der Waals surface area (Å²) in [5.41, 5.74) is 2.23. The number of carbonyl (C=O) groups is 1. The third-order valence-corrected chi connectivity index (χ3v) is 5.22. The third-order valence-electron chi connectivity index (χ3n) is 3.29. The molecule has 0 saturated carbocycles. The third kappa shape index (κ3) is 2.82. The fourth-order valence-corrected chi connectivity index (χ4v) is 3.35. The number of hydrogen-bond acceptors (Lipinski definition) is 3. The van der Waals surface area contributed by atoms with E-state index in [1.165, 1.54) is 10.0 Å². The number of halogens is 1. The zero-order valence-electron chi connectivity index (χ0n) is 11.7. The van der Waals surface area contributed by atoms with Gasteiger partial charge in [-0.3, -0.25) is 9.59 Å². The Hall–Kier alpha value is -1.98. The SMILES string of the molecule is Cc1ccc(-n2sc(C(=O)c3ccccc3)cc2=O)cc1Br. The molecule has 0 bridgehead atoms. The first kappa shape index (κ1) is 14.9. The molecule has 0 fully saturated rings. The molecule has 1 aromatic heterocycles. The molecular formula is C17H12BrNO2S. The summed E-state index contributed by atoms with van der Waals surface area (Å²) in [5.74, 6) is -0.132. The number of aromatic nitrogens is 1. The molecule has 0 spiro atoms. The molecule has 0 aliphatic heterocycles. The molecule has 0 N–H and O–H groups in total. The van der Waals surface area contributed by atoms with Crippen molar-refractivity contribution in [3.8, 4) is 5.69 Å². The van der Waals surface area contributed by atoms with E-state index in [1.807, 2.05) is 43.3 Å². The number of carbonyl (C=O) groups excluding carboxylic acids is 1. The van der Waals surface area contributed by atoms with Crippen LogP contribution in [0.3, 0.4) is 0 Å². The lowest BCUT2D eigenvalue weighted by Crippen LogP contribution is -2.09. The highest BCUT2D eigenvalue weighted by molar-refractivity contribution is 9.10. The van der Waals surface area contributed by atoms with Gasteiger partial charge >= 0.3 is 0 Å². The molecular weight excluding hydrogens is 362 g/mol. The van der Waals surface area contributed by atoms with Crippen molar-refractivity contribution in [2.75, 3.05) is 0 Å². The molecule has 0 atom stereocenters. The molecule has 0 aliphatic rings. The van der Waals surface area contributed by atoms with Crippen LogP contribution in [0.4, 0.5) is 0 Å². The second-order valence-electron chi connectivity index (χ2n) is 4.86. The molecule has 0 unspecified atom stereocenters. The number of nitrogens with zero attached hydrogens (tertiary/aromatic N) is 1. The largest absolute Gasteiger partial charge is 0.288 e. The van der Waals surface area contributed by atoms with E-state index in [0.717, 1.165) is 27.3 Å². The highest BCUT2D eigenvalue weighted by Crippen LogP contribution is 2.22. The Morgan fingerprint density at radius 1 is 1.09 bits per heavy atom. The van der Waals surface area contributed by atoms with Crippen LogP contribution in [0.1, 0.15) is 20.8 Å². The van der Waals surface area contributed by atoms with Gasteiger partial charge in [-0.25, -0.2) is 3.96 Å². The second-order valence-corrected chi connectivity index (χ2v) is 6.70. The van der Waals surface area contributed by atoms with E-state index < -0.39 is 0 Å². The molecule has 0 radical (unpaired) electrons. The van der Waals surface area contributed by atoms with Crippen molar-refractivity contribution in [1.82, 2.24) is 3.96 Å². The normalized spacial score (nSPS) is 10.6. The maximum Gasteiger partial charge on any atom is 0.266 e. The summed E-state index contributed by atoms with van der Waals surface area (Å²) in [6, 6.07) is 16.1. The molecule has 110 valence electrons. The first-order valence-corrected chi connectivity index (χ1v) is 8.22. The quantitative estimate of drug-likeness (QED) is 0.645. The maximum absolute atomic E-state index is 12.4. The van der Waals surface area contributed by atoms with Crippen molar-refractivity contribution in [3.63, 3.8) is 0 Å². The fraction of sp³-hybridized carbons (Fsp3) is 0.0588. The lowest BCUT2D eigenvalue weighted by molar-refractivity contribution is 0.104. The average molecular weight is 374 g/mol. The predicted molar refractivity (Wildman–Crippen MR) is 92.2 cm³/mol. The lowest BCUT2D eigenvalue weighted by atomic mass is 10.1. The van der Waals surface area contributed by atoms with Gasteiger partial charge in [-0.2, -0.15) is 0 Å². The molecule has 5 heteroatoms. The van der Waals surface area contributed by atoms with Gasteiger partial charge < -0.3 is 0 Å². The van der Waals surface area contributed by atoms with Crippen LogP contribution in [0.5, 0.6) is 0 Å². The number of benzene rings is 2. The van der Waals surface area contributed by atoms with Crippen LogP contribution in [0, 0.1) is 6.92 Å². The predicted octanol–water partition coefficient (Wildman–Crippen LogP) is 4.20. The molecule has 0 saturated heterocycles. The zero-order chi connectivity index (χ0) is 15.7. The monoisotopic (exact) mass is 373 g/mol. The minimum Gasteiger partial charge on any atom is -0.288 e. The molecule has 22 heavy (non-hydrogen) atoms. The highest BCUT2D eigenvalue weighted by Gasteiger charge is 2.15. The van der Waals surface area contributed by atoms with Crippen molar-refractivity contribution in [1.29, 1.82) is 0 Å². The van der Waals surface area contributed by atoms with E-state index in [4.69, 9.17) is 0 Å². The summed E-state index contributed by atoms with van der Waals surface area (Å²) >= 11 is 4.63. The van der Waals surface area contributed by atoms with Crippen LogP contribution < -0.4 is 5.56 Å². The van der Waals surface area contributed by atoms with Gasteiger partial charge in [0.1, 0.15) is 0 Å². The van der Waals surface area contributed by atoms with Crippen LogP contribution in [-0.4, -0.2) is 9.74 Å². The highest BCUT2D eigenvalue weighted by atomic mass is 79.9. The van der Waals surface area contributed by atoms with Crippen molar-refractivity contribution >= 4 is 33.2 Å². The Balaban J connectivity index is 2.03. The number of aryl methyl sites for hydroxylation is 1. The number of rotatable bonds is 3. The Bertz CT molecular complexity index is 897. The van der Waals surface area contributed by atoms with Gasteiger partial charge in [0, 0.05) is 16.1 Å². The van der Waals surface area contributed by atoms with Crippen molar-refractivity contribution in [2.45, 2.75) is 6.92 Å². The van der Waals surface area contributed by atoms with E-state index in [2.05, 4.69) is 15.9 Å². The van der Waals surface area contributed by atoms with Crippen molar-refractivity contribution in [3.05, 3.63) is 85.4 Å². The molecule has 0 aliphatic carbocycles. The van der Waals surface area contributed by atoms with E-state index >= 15 is 0 Å². The summed E-state index contributed by atoms with van der Waals surface area (Å²) in [5, 5.41) is 0. The van der Waals surface area contributed by atoms with E-state index in [0.29, 0.717) is 10.4 Å². The van der Waals surface area contributed by atoms with Gasteiger partial charge in [0.15, 0.2) is 0 Å². The van der Waals surface area contributed by atoms with Crippen LogP contribution in [0.15, 0.2) is 63.9 Å². The molecule has 1 heterocycles. The van der Waals surface area contributed by atoms with Gasteiger partial charge in [-0.1, -0.05) is 52.3 Å². The minimum absolute atomic E-state index is 0.132. The van der Waals surface area contributed by atoms with Crippen LogP contribution in [0.25, 0.3) is 5.69 Å². The van der Waals surface area contributed by atoms with E-state index in [1.54, 1.807) is 12.1 Å². The standard InChI is InChI=1S/C17H12BrNO2S/c1-11-7-8-13(9-14(11)18)19-16(20)10-15(22-19)17(21)12-5-3-2-4-6-12/h2-10H,1H3. The summed E-state index contributed by atoms with van der Waals surface area (Å²) < 4.78 is 2.46. The zero-order valence-corrected chi connectivity index (χ0v) is 14.1. The van der Waals surface area contributed by atoms with Gasteiger partial charge in [-0.15, -0.1) is 0 Å². The molecule has 3 rings (SSSR count). The first-order valence-electron chi connectivity index (χ1n) is 6.66. The first-order chi connectivity index (χ1) is 10.6. The Morgan fingerprint density at radius 2 is 1.82 bits per heavy atom. The fourth-order valence-electron chi connectivity index (χ4n) is 2.07. The molecule has 0 amide bonds. The lowest BCUT2D eigenvalue weighted by Gasteiger charge is -2.03. The van der Waals surface area contributed by atoms with Gasteiger partial charge in [0.2, 0.25) is 5.78 Å². The van der Waals surface area contributed by atoms with Crippen molar-refractivity contribution in [2.24, 2.45) is 0 Å². The Morgan fingerprint density at radius 3 is 2.50 bits per heavy atom. The Kier molecular flexibility index (Phi) is 4.09. The molecule has 3 nitrogen and oxygen atoms in total.